The third-order valence-electron chi connectivity index (χ3n) is 4.49. The first-order chi connectivity index (χ1) is 15.7. The number of anilines is 1. The van der Waals surface area contributed by atoms with Gasteiger partial charge in [-0.2, -0.15) is 0 Å². The second-order valence-corrected chi connectivity index (χ2v) is 9.82. The van der Waals surface area contributed by atoms with Gasteiger partial charge in [0.1, 0.15) is 0 Å². The molecule has 0 aliphatic heterocycles. The maximum atomic E-state index is 12.7. The van der Waals surface area contributed by atoms with E-state index >= 15 is 0 Å². The van der Waals surface area contributed by atoms with Crippen molar-refractivity contribution < 1.29 is 13.2 Å². The van der Waals surface area contributed by atoms with Crippen LogP contribution in [-0.2, 0) is 21.4 Å². The number of sulfonamides is 1. The van der Waals surface area contributed by atoms with Crippen molar-refractivity contribution >= 4 is 61.6 Å². The Balaban J connectivity index is 1.66. The fourth-order valence-electron chi connectivity index (χ4n) is 2.96. The van der Waals surface area contributed by atoms with Gasteiger partial charge in [-0.25, -0.2) is 13.4 Å². The molecule has 1 heterocycles. The van der Waals surface area contributed by atoms with E-state index in [1.165, 1.54) is 28.8 Å². The molecule has 0 radical (unpaired) electrons. The summed E-state index contributed by atoms with van der Waals surface area (Å²) < 4.78 is 28.5. The normalized spacial score (nSPS) is 11.2. The molecule has 1 aromatic heterocycles. The highest BCUT2D eigenvalue weighted by Gasteiger charge is 2.16. The van der Waals surface area contributed by atoms with E-state index in [1.807, 2.05) is 6.92 Å². The average Bonchev–Trinajstić information content (AvgIpc) is 2.78. The summed E-state index contributed by atoms with van der Waals surface area (Å²) in [5.74, 6) is -0.282. The molecule has 0 fully saturated rings. The van der Waals surface area contributed by atoms with E-state index in [9.17, 15) is 18.0 Å². The molecule has 0 aliphatic rings. The van der Waals surface area contributed by atoms with Crippen molar-refractivity contribution in [3.8, 4) is 0 Å². The minimum Gasteiger partial charge on any atom is -0.362 e. The Morgan fingerprint density at radius 1 is 1.12 bits per heavy atom. The Hall–Kier alpha value is -2.96. The lowest BCUT2D eigenvalue weighted by atomic mass is 10.2. The fraction of sp³-hybridized carbons (Fsp3) is 0.238. The SMILES string of the molecule is CCNC(=S)NS(=O)(=O)c1ccc(NC(=O)CSc2nc3ccccc3c(=O)n2CC)cc1. The molecule has 33 heavy (non-hydrogen) atoms. The second-order valence-electron chi connectivity index (χ2n) is 6.79. The molecule has 0 spiro atoms. The van der Waals surface area contributed by atoms with Gasteiger partial charge in [-0.1, -0.05) is 23.9 Å². The molecular weight excluding hydrogens is 482 g/mol. The standard InChI is InChI=1S/C21H23N5O4S3/c1-3-22-20(31)25-33(29,30)15-11-9-14(10-12-15)23-18(27)13-32-21-24-17-8-6-5-7-16(17)19(28)26(21)4-2/h5-12H,3-4,13H2,1-2H3,(H,23,27)(H2,22,25,31). The van der Waals surface area contributed by atoms with Gasteiger partial charge < -0.3 is 10.6 Å². The number of fused-ring (bicyclic) bond motifs is 1. The Bertz CT molecular complexity index is 1340. The van der Waals surface area contributed by atoms with E-state index in [0.29, 0.717) is 34.8 Å². The van der Waals surface area contributed by atoms with Gasteiger partial charge in [-0.3, -0.25) is 18.9 Å². The van der Waals surface area contributed by atoms with E-state index in [4.69, 9.17) is 12.2 Å². The lowest BCUT2D eigenvalue weighted by molar-refractivity contribution is -0.113. The van der Waals surface area contributed by atoms with Crippen LogP contribution in [0, 0.1) is 0 Å². The molecule has 174 valence electrons. The Kier molecular flexibility index (Phi) is 8.06. The van der Waals surface area contributed by atoms with E-state index in [1.54, 1.807) is 31.2 Å². The number of thioether (sulfide) groups is 1. The summed E-state index contributed by atoms with van der Waals surface area (Å²) in [7, 11) is -3.81. The van der Waals surface area contributed by atoms with Gasteiger partial charge in [-0.15, -0.1) is 0 Å². The number of hydrogen-bond donors (Lipinski definition) is 3. The summed E-state index contributed by atoms with van der Waals surface area (Å²) in [6, 6.07) is 12.8. The summed E-state index contributed by atoms with van der Waals surface area (Å²) in [6.07, 6.45) is 0. The van der Waals surface area contributed by atoms with Crippen molar-refractivity contribution in [2.75, 3.05) is 17.6 Å². The number of thiocarbonyl (C=S) groups is 1. The maximum absolute atomic E-state index is 12.7. The maximum Gasteiger partial charge on any atom is 0.263 e. The van der Waals surface area contributed by atoms with E-state index < -0.39 is 10.0 Å². The summed E-state index contributed by atoms with van der Waals surface area (Å²) in [4.78, 5) is 29.6. The number of aromatic nitrogens is 2. The van der Waals surface area contributed by atoms with Crippen molar-refractivity contribution in [1.82, 2.24) is 19.6 Å². The van der Waals surface area contributed by atoms with Crippen LogP contribution in [0.1, 0.15) is 13.8 Å². The summed E-state index contributed by atoms with van der Waals surface area (Å²) in [5, 5.41) is 6.43. The first-order valence-electron chi connectivity index (χ1n) is 10.1. The predicted molar refractivity (Wildman–Crippen MR) is 134 cm³/mol. The molecule has 3 N–H and O–H groups in total. The van der Waals surface area contributed by atoms with Crippen LogP contribution in [0.25, 0.3) is 10.9 Å². The number of nitrogens with zero attached hydrogens (tertiary/aromatic N) is 2. The van der Waals surface area contributed by atoms with Crippen LogP contribution < -0.4 is 20.9 Å². The largest absolute Gasteiger partial charge is 0.362 e. The quantitative estimate of drug-likeness (QED) is 0.242. The van der Waals surface area contributed by atoms with Crippen molar-refractivity contribution in [3.63, 3.8) is 0 Å². The number of carbonyl (C=O) groups excluding carboxylic acids is 1. The van der Waals surface area contributed by atoms with Gasteiger partial charge in [0.15, 0.2) is 10.3 Å². The number of amides is 1. The molecule has 0 atom stereocenters. The van der Waals surface area contributed by atoms with Gasteiger partial charge in [-0.05, 0) is 62.5 Å². The second kappa shape index (κ2) is 10.8. The molecule has 12 heteroatoms. The number of rotatable bonds is 8. The number of carbonyl (C=O) groups is 1. The predicted octanol–water partition coefficient (Wildman–Crippen LogP) is 2.32. The van der Waals surface area contributed by atoms with Gasteiger partial charge >= 0.3 is 0 Å². The molecule has 9 nitrogen and oxygen atoms in total. The van der Waals surface area contributed by atoms with Gasteiger partial charge in [0.25, 0.3) is 15.6 Å². The van der Waals surface area contributed by atoms with Crippen LogP contribution >= 0.6 is 24.0 Å². The van der Waals surface area contributed by atoms with E-state index in [2.05, 4.69) is 20.3 Å². The van der Waals surface area contributed by atoms with Crippen LogP contribution in [0.5, 0.6) is 0 Å². The topological polar surface area (TPSA) is 122 Å². The van der Waals surface area contributed by atoms with Gasteiger partial charge in [0, 0.05) is 18.8 Å². The average molecular weight is 506 g/mol. The molecule has 0 bridgehead atoms. The monoisotopic (exact) mass is 505 g/mol. The minimum absolute atomic E-state index is 0.0137. The third kappa shape index (κ3) is 6.09. The number of nitrogens with one attached hydrogen (secondary N) is 3. The molecule has 2 aromatic carbocycles. The fourth-order valence-corrected chi connectivity index (χ4v) is 5.22. The molecule has 0 saturated heterocycles. The number of benzene rings is 2. The van der Waals surface area contributed by atoms with Crippen molar-refractivity contribution in [3.05, 3.63) is 58.9 Å². The van der Waals surface area contributed by atoms with E-state index in [-0.39, 0.29) is 27.2 Å². The highest BCUT2D eigenvalue weighted by Crippen LogP contribution is 2.19. The lowest BCUT2D eigenvalue weighted by Gasteiger charge is -2.12. The third-order valence-corrected chi connectivity index (χ3v) is 7.21. The Morgan fingerprint density at radius 3 is 2.48 bits per heavy atom. The van der Waals surface area contributed by atoms with Gasteiger partial charge in [0.05, 0.1) is 21.6 Å². The molecule has 1 amide bonds. The highest BCUT2D eigenvalue weighted by molar-refractivity contribution is 7.99. The van der Waals surface area contributed by atoms with Crippen LogP contribution in [0.4, 0.5) is 5.69 Å². The summed E-state index contributed by atoms with van der Waals surface area (Å²) in [6.45, 7) is 4.57. The molecule has 0 unspecified atom stereocenters. The van der Waals surface area contributed by atoms with Crippen molar-refractivity contribution in [1.29, 1.82) is 0 Å². The van der Waals surface area contributed by atoms with Crippen molar-refractivity contribution in [2.24, 2.45) is 0 Å². The summed E-state index contributed by atoms with van der Waals surface area (Å²) >= 11 is 6.08. The van der Waals surface area contributed by atoms with Crippen LogP contribution in [0.3, 0.4) is 0 Å². The number of para-hydroxylation sites is 1. The first-order valence-corrected chi connectivity index (χ1v) is 13.0. The smallest absolute Gasteiger partial charge is 0.263 e. The zero-order valence-corrected chi connectivity index (χ0v) is 20.4. The minimum atomic E-state index is -3.81. The van der Waals surface area contributed by atoms with Gasteiger partial charge in [0.2, 0.25) is 5.91 Å². The van der Waals surface area contributed by atoms with E-state index in [0.717, 1.165) is 11.8 Å². The zero-order valence-electron chi connectivity index (χ0n) is 18.0. The Labute approximate surface area is 201 Å². The van der Waals surface area contributed by atoms with Crippen molar-refractivity contribution in [2.45, 2.75) is 30.4 Å². The Morgan fingerprint density at radius 2 is 1.82 bits per heavy atom. The first kappa shape index (κ1) is 24.7. The molecule has 0 saturated carbocycles. The highest BCUT2D eigenvalue weighted by atomic mass is 32.2. The molecule has 0 aliphatic carbocycles. The molecule has 3 aromatic rings. The van der Waals surface area contributed by atoms with Crippen LogP contribution in [-0.4, -0.2) is 41.3 Å². The summed E-state index contributed by atoms with van der Waals surface area (Å²) in [5.41, 5.74) is 0.868. The molecule has 3 rings (SSSR count). The molecular formula is C21H23N5O4S3. The lowest BCUT2D eigenvalue weighted by Crippen LogP contribution is -2.38. The number of hydrogen-bond acceptors (Lipinski definition) is 7. The van der Waals surface area contributed by atoms with Crippen LogP contribution in [0.2, 0.25) is 0 Å². The zero-order chi connectivity index (χ0) is 24.0. The van der Waals surface area contributed by atoms with Crippen LogP contribution in [0.15, 0.2) is 63.4 Å².